The average molecular weight is 290 g/mol. The van der Waals surface area contributed by atoms with Crippen molar-refractivity contribution in [1.29, 1.82) is 0 Å². The van der Waals surface area contributed by atoms with Gasteiger partial charge in [0.15, 0.2) is 6.61 Å². The summed E-state index contributed by atoms with van der Waals surface area (Å²) in [6.07, 6.45) is 0. The van der Waals surface area contributed by atoms with Gasteiger partial charge in [-0.05, 0) is 32.4 Å². The lowest BCUT2D eigenvalue weighted by Crippen LogP contribution is -2.28. The number of ether oxygens (including phenoxy) is 1. The van der Waals surface area contributed by atoms with E-state index in [-0.39, 0.29) is 12.5 Å². The average Bonchev–Trinajstić information content (AvgIpc) is 2.81. The molecule has 106 valence electrons. The van der Waals surface area contributed by atoms with Gasteiger partial charge in [0.2, 0.25) is 0 Å². The molecule has 4 nitrogen and oxygen atoms in total. The molecule has 1 N–H and O–H groups in total. The van der Waals surface area contributed by atoms with E-state index in [0.717, 1.165) is 22.0 Å². The summed E-state index contributed by atoms with van der Waals surface area (Å²) in [5, 5.41) is 5.74. The van der Waals surface area contributed by atoms with Gasteiger partial charge in [0.25, 0.3) is 5.91 Å². The van der Waals surface area contributed by atoms with E-state index >= 15 is 0 Å². The van der Waals surface area contributed by atoms with Crippen LogP contribution >= 0.6 is 11.3 Å². The highest BCUT2D eigenvalue weighted by molar-refractivity contribution is 7.09. The van der Waals surface area contributed by atoms with Crippen molar-refractivity contribution in [3.8, 4) is 5.75 Å². The van der Waals surface area contributed by atoms with Crippen LogP contribution in [-0.2, 0) is 11.3 Å². The molecule has 1 aromatic heterocycles. The van der Waals surface area contributed by atoms with Crippen LogP contribution in [0.5, 0.6) is 5.75 Å². The van der Waals surface area contributed by atoms with Crippen molar-refractivity contribution in [1.82, 2.24) is 10.3 Å². The number of carbonyl (C=O) groups excluding carboxylic acids is 1. The number of amides is 1. The predicted octanol–water partition coefficient (Wildman–Crippen LogP) is 2.76. The zero-order valence-corrected chi connectivity index (χ0v) is 12.7. The maximum atomic E-state index is 11.7. The number of carbonyl (C=O) groups is 1. The number of nitrogens with zero attached hydrogens (tertiary/aromatic N) is 1. The standard InChI is InChI=1S/C15H18N2O2S/c1-10-4-5-14(11(2)6-10)19-8-15(18)16-7-13-9-20-12(3)17-13/h4-6,9H,7-8H2,1-3H3,(H,16,18). The first kappa shape index (κ1) is 14.5. The van der Waals surface area contributed by atoms with Gasteiger partial charge in [-0.2, -0.15) is 0 Å². The summed E-state index contributed by atoms with van der Waals surface area (Å²) in [5.74, 6) is 0.603. The van der Waals surface area contributed by atoms with Gasteiger partial charge < -0.3 is 10.1 Å². The molecule has 0 aliphatic carbocycles. The first-order valence-corrected chi connectivity index (χ1v) is 7.30. The second kappa shape index (κ2) is 6.52. The summed E-state index contributed by atoms with van der Waals surface area (Å²) in [4.78, 5) is 16.0. The fourth-order valence-electron chi connectivity index (χ4n) is 1.83. The molecule has 0 radical (unpaired) electrons. The van der Waals surface area contributed by atoms with E-state index in [2.05, 4.69) is 10.3 Å². The Morgan fingerprint density at radius 3 is 2.80 bits per heavy atom. The van der Waals surface area contributed by atoms with E-state index in [4.69, 9.17) is 4.74 Å². The van der Waals surface area contributed by atoms with Gasteiger partial charge in [-0.1, -0.05) is 17.7 Å². The molecule has 20 heavy (non-hydrogen) atoms. The van der Waals surface area contributed by atoms with Crippen molar-refractivity contribution >= 4 is 17.2 Å². The van der Waals surface area contributed by atoms with Crippen LogP contribution in [0, 0.1) is 20.8 Å². The van der Waals surface area contributed by atoms with Crippen molar-refractivity contribution in [2.75, 3.05) is 6.61 Å². The van der Waals surface area contributed by atoms with Crippen molar-refractivity contribution < 1.29 is 9.53 Å². The van der Waals surface area contributed by atoms with Crippen LogP contribution in [0.25, 0.3) is 0 Å². The zero-order valence-electron chi connectivity index (χ0n) is 11.9. The smallest absolute Gasteiger partial charge is 0.258 e. The summed E-state index contributed by atoms with van der Waals surface area (Å²) in [6.45, 7) is 6.41. The third-order valence-corrected chi connectivity index (χ3v) is 3.64. The number of rotatable bonds is 5. The highest BCUT2D eigenvalue weighted by Crippen LogP contribution is 2.18. The van der Waals surface area contributed by atoms with Gasteiger partial charge in [0.1, 0.15) is 5.75 Å². The molecular weight excluding hydrogens is 272 g/mol. The molecule has 0 unspecified atom stereocenters. The summed E-state index contributed by atoms with van der Waals surface area (Å²) in [6, 6.07) is 5.89. The quantitative estimate of drug-likeness (QED) is 0.921. The minimum absolute atomic E-state index is 0.0209. The maximum absolute atomic E-state index is 11.7. The van der Waals surface area contributed by atoms with Crippen LogP contribution in [0.1, 0.15) is 21.8 Å². The second-order valence-corrected chi connectivity index (χ2v) is 5.75. The maximum Gasteiger partial charge on any atom is 0.258 e. The molecule has 0 aliphatic rings. The van der Waals surface area contributed by atoms with E-state index in [1.165, 1.54) is 5.56 Å². The fraction of sp³-hybridized carbons (Fsp3) is 0.333. The van der Waals surface area contributed by atoms with Gasteiger partial charge in [-0.3, -0.25) is 4.79 Å². The third-order valence-electron chi connectivity index (χ3n) is 2.82. The van der Waals surface area contributed by atoms with Crippen LogP contribution in [0.2, 0.25) is 0 Å². The number of hydrogen-bond acceptors (Lipinski definition) is 4. The minimum Gasteiger partial charge on any atom is -0.484 e. The number of thiazole rings is 1. The molecule has 0 saturated carbocycles. The molecule has 0 saturated heterocycles. The first-order chi connectivity index (χ1) is 9.54. The fourth-order valence-corrected chi connectivity index (χ4v) is 2.45. The molecule has 5 heteroatoms. The molecule has 0 fully saturated rings. The Hall–Kier alpha value is -1.88. The lowest BCUT2D eigenvalue weighted by molar-refractivity contribution is -0.123. The number of hydrogen-bond donors (Lipinski definition) is 1. The number of benzene rings is 1. The molecule has 2 rings (SSSR count). The Kier molecular flexibility index (Phi) is 4.74. The van der Waals surface area contributed by atoms with Crippen LogP contribution in [-0.4, -0.2) is 17.5 Å². The first-order valence-electron chi connectivity index (χ1n) is 6.42. The summed E-state index contributed by atoms with van der Waals surface area (Å²) < 4.78 is 5.52. The second-order valence-electron chi connectivity index (χ2n) is 4.69. The minimum atomic E-state index is -0.143. The summed E-state index contributed by atoms with van der Waals surface area (Å²) in [5.41, 5.74) is 3.10. The van der Waals surface area contributed by atoms with E-state index < -0.39 is 0 Å². The molecule has 0 atom stereocenters. The molecular formula is C15H18N2O2S. The van der Waals surface area contributed by atoms with E-state index in [9.17, 15) is 4.79 Å². The van der Waals surface area contributed by atoms with Gasteiger partial charge in [0, 0.05) is 5.38 Å². The van der Waals surface area contributed by atoms with Crippen LogP contribution in [0.3, 0.4) is 0 Å². The Balaban J connectivity index is 1.80. The lowest BCUT2D eigenvalue weighted by atomic mass is 10.1. The zero-order chi connectivity index (χ0) is 14.5. The molecule has 1 heterocycles. The molecule has 2 aromatic rings. The molecule has 1 amide bonds. The van der Waals surface area contributed by atoms with Crippen LogP contribution in [0.15, 0.2) is 23.6 Å². The predicted molar refractivity (Wildman–Crippen MR) is 80.1 cm³/mol. The number of aromatic nitrogens is 1. The van der Waals surface area contributed by atoms with Gasteiger partial charge >= 0.3 is 0 Å². The molecule has 1 aromatic carbocycles. The largest absolute Gasteiger partial charge is 0.484 e. The van der Waals surface area contributed by atoms with E-state index in [1.807, 2.05) is 44.4 Å². The van der Waals surface area contributed by atoms with Gasteiger partial charge in [0.05, 0.1) is 17.2 Å². The van der Waals surface area contributed by atoms with Crippen molar-refractivity contribution in [3.05, 3.63) is 45.4 Å². The van der Waals surface area contributed by atoms with Crippen molar-refractivity contribution in [2.45, 2.75) is 27.3 Å². The Morgan fingerprint density at radius 1 is 1.35 bits per heavy atom. The number of nitrogens with one attached hydrogen (secondary N) is 1. The van der Waals surface area contributed by atoms with Gasteiger partial charge in [-0.25, -0.2) is 4.98 Å². The Bertz CT molecular complexity index is 608. The molecule has 0 bridgehead atoms. The highest BCUT2D eigenvalue weighted by atomic mass is 32.1. The van der Waals surface area contributed by atoms with Crippen molar-refractivity contribution in [3.63, 3.8) is 0 Å². The van der Waals surface area contributed by atoms with E-state index in [0.29, 0.717) is 6.54 Å². The lowest BCUT2D eigenvalue weighted by Gasteiger charge is -2.09. The SMILES string of the molecule is Cc1ccc(OCC(=O)NCc2csc(C)n2)c(C)c1. The van der Waals surface area contributed by atoms with E-state index in [1.54, 1.807) is 11.3 Å². The molecule has 0 spiro atoms. The van der Waals surface area contributed by atoms with Gasteiger partial charge in [-0.15, -0.1) is 11.3 Å². The molecule has 0 aliphatic heterocycles. The monoisotopic (exact) mass is 290 g/mol. The normalized spacial score (nSPS) is 10.3. The third kappa shape index (κ3) is 4.06. The topological polar surface area (TPSA) is 51.2 Å². The highest BCUT2D eigenvalue weighted by Gasteiger charge is 2.06. The van der Waals surface area contributed by atoms with Crippen molar-refractivity contribution in [2.24, 2.45) is 0 Å². The van der Waals surface area contributed by atoms with Crippen LogP contribution < -0.4 is 10.1 Å². The number of aryl methyl sites for hydroxylation is 3. The summed E-state index contributed by atoms with van der Waals surface area (Å²) in [7, 11) is 0. The van der Waals surface area contributed by atoms with Crippen LogP contribution in [0.4, 0.5) is 0 Å². The Labute approximate surface area is 122 Å². The Morgan fingerprint density at radius 2 is 2.15 bits per heavy atom. The summed E-state index contributed by atoms with van der Waals surface area (Å²) >= 11 is 1.58.